The lowest BCUT2D eigenvalue weighted by atomic mass is 10.3. The van der Waals surface area contributed by atoms with E-state index in [2.05, 4.69) is 0 Å². The molecule has 0 unspecified atom stereocenters. The Hall–Kier alpha value is -1.78. The van der Waals surface area contributed by atoms with Gasteiger partial charge in [-0.2, -0.15) is 0 Å². The van der Waals surface area contributed by atoms with Gasteiger partial charge in [0.1, 0.15) is 10.7 Å². The Kier molecular flexibility index (Phi) is 5.58. The van der Waals surface area contributed by atoms with Crippen LogP contribution >= 0.6 is 0 Å². The molecule has 1 rings (SSSR count). The fraction of sp³-hybridized carbons (Fsp3) is 0.455. The van der Waals surface area contributed by atoms with Gasteiger partial charge >= 0.3 is 5.69 Å². The standard InChI is InChI=1S/C11H16FN3O5S/c1-14(2)4-3-5-20-10-6-8(12)11(21(13,18)19)7-9(10)15(16)17/h6-7H,3-5H2,1-2H3,(H2,13,18,19). The zero-order valence-electron chi connectivity index (χ0n) is 11.6. The number of hydrogen-bond acceptors (Lipinski definition) is 6. The van der Waals surface area contributed by atoms with E-state index in [9.17, 15) is 22.9 Å². The summed E-state index contributed by atoms with van der Waals surface area (Å²) in [7, 11) is -0.684. The average Bonchev–Trinajstić information content (AvgIpc) is 2.32. The Bertz CT molecular complexity index is 633. The summed E-state index contributed by atoms with van der Waals surface area (Å²) >= 11 is 0. The maximum Gasteiger partial charge on any atom is 0.312 e. The molecule has 0 fully saturated rings. The van der Waals surface area contributed by atoms with E-state index in [0.29, 0.717) is 25.1 Å². The van der Waals surface area contributed by atoms with Crippen LogP contribution in [0.1, 0.15) is 6.42 Å². The van der Waals surface area contributed by atoms with Crippen molar-refractivity contribution in [1.82, 2.24) is 4.90 Å². The molecular weight excluding hydrogens is 305 g/mol. The van der Waals surface area contributed by atoms with Crippen molar-refractivity contribution in [2.75, 3.05) is 27.2 Å². The summed E-state index contributed by atoms with van der Waals surface area (Å²) in [5, 5.41) is 15.7. The first-order valence-electron chi connectivity index (χ1n) is 5.91. The number of rotatable bonds is 7. The number of primary sulfonamides is 1. The molecule has 8 nitrogen and oxygen atoms in total. The molecule has 0 spiro atoms. The fourth-order valence-corrected chi connectivity index (χ4v) is 2.17. The summed E-state index contributed by atoms with van der Waals surface area (Å²) in [5.74, 6) is -1.52. The number of nitrogens with zero attached hydrogens (tertiary/aromatic N) is 2. The molecular formula is C11H16FN3O5S. The molecule has 0 radical (unpaired) electrons. The molecule has 0 amide bonds. The molecule has 10 heteroatoms. The van der Waals surface area contributed by atoms with Crippen LogP contribution in [0.4, 0.5) is 10.1 Å². The highest BCUT2D eigenvalue weighted by Gasteiger charge is 2.24. The Labute approximate surface area is 121 Å². The SMILES string of the molecule is CN(C)CCCOc1cc(F)c(S(N)(=O)=O)cc1[N+](=O)[O-]. The number of nitro benzene ring substituents is 1. The summed E-state index contributed by atoms with van der Waals surface area (Å²) in [6.45, 7) is 0.818. The van der Waals surface area contributed by atoms with Gasteiger partial charge in [-0.15, -0.1) is 0 Å². The number of ether oxygens (including phenoxy) is 1. The first-order chi connectivity index (χ1) is 9.62. The van der Waals surface area contributed by atoms with Gasteiger partial charge in [-0.25, -0.2) is 17.9 Å². The van der Waals surface area contributed by atoms with Gasteiger partial charge in [0, 0.05) is 18.7 Å². The molecule has 0 atom stereocenters. The lowest BCUT2D eigenvalue weighted by molar-refractivity contribution is -0.386. The summed E-state index contributed by atoms with van der Waals surface area (Å²) in [5.41, 5.74) is -0.648. The number of nitrogens with two attached hydrogens (primary N) is 1. The van der Waals surface area contributed by atoms with Crippen LogP contribution in [0.5, 0.6) is 5.75 Å². The van der Waals surface area contributed by atoms with Crippen LogP contribution in [0.2, 0.25) is 0 Å². The minimum Gasteiger partial charge on any atom is -0.487 e. The number of halogens is 1. The summed E-state index contributed by atoms with van der Waals surface area (Å²) in [4.78, 5) is 11.0. The van der Waals surface area contributed by atoms with Crippen molar-refractivity contribution in [3.05, 3.63) is 28.1 Å². The van der Waals surface area contributed by atoms with Crippen LogP contribution in [0.25, 0.3) is 0 Å². The predicted octanol–water partition coefficient (Wildman–Crippen LogP) is 0.712. The zero-order valence-corrected chi connectivity index (χ0v) is 12.4. The summed E-state index contributed by atoms with van der Waals surface area (Å²) in [6.07, 6.45) is 0.572. The van der Waals surface area contributed by atoms with Gasteiger partial charge in [-0.1, -0.05) is 0 Å². The first-order valence-corrected chi connectivity index (χ1v) is 7.46. The van der Waals surface area contributed by atoms with E-state index < -0.39 is 31.3 Å². The average molecular weight is 321 g/mol. The van der Waals surface area contributed by atoms with Crippen molar-refractivity contribution in [2.24, 2.45) is 5.14 Å². The van der Waals surface area contributed by atoms with E-state index in [1.807, 2.05) is 19.0 Å². The van der Waals surface area contributed by atoms with E-state index in [1.54, 1.807) is 0 Å². The Balaban J connectivity index is 3.04. The second-order valence-corrected chi connectivity index (χ2v) is 6.09. The predicted molar refractivity (Wildman–Crippen MR) is 73.1 cm³/mol. The second kappa shape index (κ2) is 6.78. The molecule has 0 heterocycles. The van der Waals surface area contributed by atoms with Gasteiger partial charge in [0.25, 0.3) is 0 Å². The lowest BCUT2D eigenvalue weighted by Crippen LogP contribution is -2.16. The van der Waals surface area contributed by atoms with Crippen molar-refractivity contribution in [1.29, 1.82) is 0 Å². The van der Waals surface area contributed by atoms with Crippen molar-refractivity contribution in [3.8, 4) is 5.75 Å². The third-order valence-electron chi connectivity index (χ3n) is 2.52. The molecule has 1 aromatic carbocycles. The maximum atomic E-state index is 13.7. The molecule has 0 aromatic heterocycles. The largest absolute Gasteiger partial charge is 0.487 e. The molecule has 0 aliphatic carbocycles. The maximum absolute atomic E-state index is 13.7. The van der Waals surface area contributed by atoms with E-state index in [4.69, 9.17) is 9.88 Å². The normalized spacial score (nSPS) is 11.7. The van der Waals surface area contributed by atoms with Crippen LogP contribution in [0, 0.1) is 15.9 Å². The van der Waals surface area contributed by atoms with Gasteiger partial charge in [0.2, 0.25) is 10.0 Å². The van der Waals surface area contributed by atoms with Crippen LogP contribution in [-0.4, -0.2) is 45.5 Å². The van der Waals surface area contributed by atoms with Crippen LogP contribution in [0.3, 0.4) is 0 Å². The second-order valence-electron chi connectivity index (χ2n) is 4.56. The van der Waals surface area contributed by atoms with Gasteiger partial charge in [0.15, 0.2) is 5.75 Å². The molecule has 1 aromatic rings. The number of hydrogen-bond donors (Lipinski definition) is 1. The smallest absolute Gasteiger partial charge is 0.312 e. The van der Waals surface area contributed by atoms with E-state index in [-0.39, 0.29) is 12.4 Å². The van der Waals surface area contributed by atoms with Crippen LogP contribution in [-0.2, 0) is 10.0 Å². The van der Waals surface area contributed by atoms with Gasteiger partial charge < -0.3 is 9.64 Å². The molecule has 21 heavy (non-hydrogen) atoms. The highest BCUT2D eigenvalue weighted by molar-refractivity contribution is 7.89. The monoisotopic (exact) mass is 321 g/mol. The Morgan fingerprint density at radius 3 is 2.52 bits per heavy atom. The molecule has 2 N–H and O–H groups in total. The number of nitro groups is 1. The van der Waals surface area contributed by atoms with Crippen molar-refractivity contribution >= 4 is 15.7 Å². The number of benzene rings is 1. The van der Waals surface area contributed by atoms with E-state index >= 15 is 0 Å². The molecule has 0 bridgehead atoms. The summed E-state index contributed by atoms with van der Waals surface area (Å²) in [6, 6.07) is 1.22. The lowest BCUT2D eigenvalue weighted by Gasteiger charge is -2.11. The highest BCUT2D eigenvalue weighted by Crippen LogP contribution is 2.31. The van der Waals surface area contributed by atoms with Crippen molar-refractivity contribution in [2.45, 2.75) is 11.3 Å². The van der Waals surface area contributed by atoms with Gasteiger partial charge in [-0.3, -0.25) is 10.1 Å². The van der Waals surface area contributed by atoms with Crippen LogP contribution in [0.15, 0.2) is 17.0 Å². The van der Waals surface area contributed by atoms with Gasteiger partial charge in [0.05, 0.1) is 11.5 Å². The highest BCUT2D eigenvalue weighted by atomic mass is 32.2. The van der Waals surface area contributed by atoms with Crippen molar-refractivity contribution < 1.29 is 22.5 Å². The van der Waals surface area contributed by atoms with E-state index in [0.717, 1.165) is 0 Å². The fourth-order valence-electron chi connectivity index (χ4n) is 1.56. The van der Waals surface area contributed by atoms with Crippen LogP contribution < -0.4 is 9.88 Å². The third-order valence-corrected chi connectivity index (χ3v) is 3.45. The zero-order chi connectivity index (χ0) is 16.2. The van der Waals surface area contributed by atoms with Gasteiger partial charge in [-0.05, 0) is 20.5 Å². The summed E-state index contributed by atoms with van der Waals surface area (Å²) < 4.78 is 41.1. The molecule has 118 valence electrons. The minimum atomic E-state index is -4.38. The minimum absolute atomic E-state index is 0.132. The Morgan fingerprint density at radius 2 is 2.05 bits per heavy atom. The van der Waals surface area contributed by atoms with Crippen molar-refractivity contribution in [3.63, 3.8) is 0 Å². The Morgan fingerprint density at radius 1 is 1.43 bits per heavy atom. The quantitative estimate of drug-likeness (QED) is 0.449. The topological polar surface area (TPSA) is 116 Å². The molecule has 0 aliphatic heterocycles. The molecule has 0 aliphatic rings. The van der Waals surface area contributed by atoms with E-state index in [1.165, 1.54) is 0 Å². The third kappa shape index (κ3) is 4.92. The molecule has 0 saturated heterocycles. The first kappa shape index (κ1) is 17.3. The molecule has 0 saturated carbocycles. The number of sulfonamides is 1.